The fourth-order valence-corrected chi connectivity index (χ4v) is 2.04. The van der Waals surface area contributed by atoms with Crippen molar-refractivity contribution in [1.29, 1.82) is 0 Å². The highest BCUT2D eigenvalue weighted by molar-refractivity contribution is 5.85. The zero-order chi connectivity index (χ0) is 15.9. The van der Waals surface area contributed by atoms with Crippen LogP contribution in [0.4, 0.5) is 0 Å². The second-order valence-electron chi connectivity index (χ2n) is 5.20. The number of amides is 2. The second kappa shape index (κ2) is 7.45. The van der Waals surface area contributed by atoms with Gasteiger partial charge in [-0.25, -0.2) is 0 Å². The molecule has 2 aromatic rings. The van der Waals surface area contributed by atoms with Crippen LogP contribution in [0.2, 0.25) is 0 Å². The molecule has 0 radical (unpaired) electrons. The summed E-state index contributed by atoms with van der Waals surface area (Å²) in [5, 5.41) is 2.64. The van der Waals surface area contributed by atoms with E-state index >= 15 is 0 Å². The molecule has 0 fully saturated rings. The monoisotopic (exact) mass is 300 g/mol. The molecule has 2 amide bonds. The van der Waals surface area contributed by atoms with Crippen molar-refractivity contribution in [1.82, 2.24) is 10.2 Å². The molecule has 1 heterocycles. The van der Waals surface area contributed by atoms with Crippen molar-refractivity contribution in [2.45, 2.75) is 19.9 Å². The maximum absolute atomic E-state index is 12.0. The van der Waals surface area contributed by atoms with Gasteiger partial charge in [0.2, 0.25) is 11.8 Å². The number of hydrogen-bond acceptors (Lipinski definition) is 3. The summed E-state index contributed by atoms with van der Waals surface area (Å²) >= 11 is 0. The van der Waals surface area contributed by atoms with Gasteiger partial charge < -0.3 is 14.6 Å². The Labute approximate surface area is 129 Å². The topological polar surface area (TPSA) is 62.6 Å². The van der Waals surface area contributed by atoms with E-state index in [0.717, 1.165) is 17.1 Å². The molecule has 1 N–H and O–H groups in total. The summed E-state index contributed by atoms with van der Waals surface area (Å²) in [6, 6.07) is 13.1. The van der Waals surface area contributed by atoms with Crippen molar-refractivity contribution in [3.63, 3.8) is 0 Å². The van der Waals surface area contributed by atoms with Gasteiger partial charge in [-0.05, 0) is 24.6 Å². The highest BCUT2D eigenvalue weighted by Crippen LogP contribution is 2.08. The molecule has 0 atom stereocenters. The zero-order valence-electron chi connectivity index (χ0n) is 12.8. The lowest BCUT2D eigenvalue weighted by molar-refractivity contribution is -0.132. The molecule has 5 heteroatoms. The van der Waals surface area contributed by atoms with Crippen LogP contribution in [0.5, 0.6) is 0 Å². The van der Waals surface area contributed by atoms with Gasteiger partial charge in [-0.15, -0.1) is 0 Å². The summed E-state index contributed by atoms with van der Waals surface area (Å²) in [7, 11) is 1.68. The number of aryl methyl sites for hydroxylation is 1. The van der Waals surface area contributed by atoms with Crippen LogP contribution in [0.1, 0.15) is 17.1 Å². The number of hydrogen-bond donors (Lipinski definition) is 1. The number of nitrogens with zero attached hydrogens (tertiary/aromatic N) is 1. The first kappa shape index (κ1) is 15.8. The van der Waals surface area contributed by atoms with E-state index in [1.54, 1.807) is 7.05 Å². The van der Waals surface area contributed by atoms with Gasteiger partial charge in [-0.2, -0.15) is 0 Å². The number of nitrogens with one attached hydrogen (secondary N) is 1. The summed E-state index contributed by atoms with van der Waals surface area (Å²) in [5.74, 6) is 1.22. The predicted molar refractivity (Wildman–Crippen MR) is 83.1 cm³/mol. The maximum atomic E-state index is 12.0. The molecule has 22 heavy (non-hydrogen) atoms. The minimum Gasteiger partial charge on any atom is -0.464 e. The van der Waals surface area contributed by atoms with Crippen molar-refractivity contribution >= 4 is 11.8 Å². The van der Waals surface area contributed by atoms with Crippen LogP contribution in [0.25, 0.3) is 0 Å². The fraction of sp³-hybridized carbons (Fsp3) is 0.294. The average molecular weight is 300 g/mol. The number of furan rings is 1. The molecule has 0 saturated carbocycles. The molecule has 5 nitrogen and oxygen atoms in total. The molecule has 0 aliphatic carbocycles. The molecular formula is C17H20N2O3. The Bertz CT molecular complexity index is 634. The SMILES string of the molecule is Cc1ccc(CN(C)C(=O)CNC(=O)Cc2ccccc2)o1. The third-order valence-corrected chi connectivity index (χ3v) is 3.26. The van der Waals surface area contributed by atoms with Gasteiger partial charge in [0.05, 0.1) is 19.5 Å². The summed E-state index contributed by atoms with van der Waals surface area (Å²) in [4.78, 5) is 25.3. The van der Waals surface area contributed by atoms with E-state index in [9.17, 15) is 9.59 Å². The third-order valence-electron chi connectivity index (χ3n) is 3.26. The molecule has 0 aliphatic rings. The van der Waals surface area contributed by atoms with Gasteiger partial charge in [0.1, 0.15) is 11.5 Å². The second-order valence-corrected chi connectivity index (χ2v) is 5.20. The van der Waals surface area contributed by atoms with Crippen LogP contribution in [0.3, 0.4) is 0 Å². The van der Waals surface area contributed by atoms with E-state index < -0.39 is 0 Å². The smallest absolute Gasteiger partial charge is 0.242 e. The summed E-state index contributed by atoms with van der Waals surface area (Å²) < 4.78 is 5.43. The van der Waals surface area contributed by atoms with Gasteiger partial charge in [-0.3, -0.25) is 9.59 Å². The van der Waals surface area contributed by atoms with Crippen molar-refractivity contribution in [3.8, 4) is 0 Å². The molecule has 2 rings (SSSR count). The van der Waals surface area contributed by atoms with E-state index in [-0.39, 0.29) is 24.8 Å². The summed E-state index contributed by atoms with van der Waals surface area (Å²) in [6.07, 6.45) is 0.273. The van der Waals surface area contributed by atoms with Gasteiger partial charge in [0, 0.05) is 7.05 Å². The number of carbonyl (C=O) groups is 2. The Morgan fingerprint density at radius 2 is 1.86 bits per heavy atom. The third kappa shape index (κ3) is 4.77. The van der Waals surface area contributed by atoms with Gasteiger partial charge in [0.25, 0.3) is 0 Å². The molecule has 0 saturated heterocycles. The number of likely N-dealkylation sites (N-methyl/N-ethyl adjacent to an activating group) is 1. The lowest BCUT2D eigenvalue weighted by Gasteiger charge is -2.16. The predicted octanol–water partition coefficient (Wildman–Crippen LogP) is 1.91. The van der Waals surface area contributed by atoms with Gasteiger partial charge in [0.15, 0.2) is 0 Å². The Balaban J connectivity index is 1.75. The largest absolute Gasteiger partial charge is 0.464 e. The van der Waals surface area contributed by atoms with Crippen molar-refractivity contribution in [3.05, 3.63) is 59.5 Å². The molecule has 0 bridgehead atoms. The lowest BCUT2D eigenvalue weighted by Crippen LogP contribution is -2.38. The van der Waals surface area contributed by atoms with Crippen molar-refractivity contribution < 1.29 is 14.0 Å². The van der Waals surface area contributed by atoms with Crippen LogP contribution in [-0.4, -0.2) is 30.3 Å². The van der Waals surface area contributed by atoms with E-state index in [1.165, 1.54) is 4.90 Å². The van der Waals surface area contributed by atoms with Crippen LogP contribution < -0.4 is 5.32 Å². The highest BCUT2D eigenvalue weighted by atomic mass is 16.3. The molecule has 0 aliphatic heterocycles. The fourth-order valence-electron chi connectivity index (χ4n) is 2.04. The number of rotatable bonds is 6. The quantitative estimate of drug-likeness (QED) is 0.886. The van der Waals surface area contributed by atoms with E-state index in [1.807, 2.05) is 49.4 Å². The number of carbonyl (C=O) groups excluding carboxylic acids is 2. The lowest BCUT2D eigenvalue weighted by atomic mass is 10.1. The Morgan fingerprint density at radius 1 is 1.14 bits per heavy atom. The summed E-state index contributed by atoms with van der Waals surface area (Å²) in [5.41, 5.74) is 0.923. The Kier molecular flexibility index (Phi) is 5.36. The molecule has 0 spiro atoms. The minimum absolute atomic E-state index is 0.0120. The zero-order valence-corrected chi connectivity index (χ0v) is 12.8. The standard InChI is InChI=1S/C17H20N2O3/c1-13-8-9-15(22-13)12-19(2)17(21)11-18-16(20)10-14-6-4-3-5-7-14/h3-9H,10-12H2,1-2H3,(H,18,20). The normalized spacial score (nSPS) is 10.3. The Morgan fingerprint density at radius 3 is 2.50 bits per heavy atom. The maximum Gasteiger partial charge on any atom is 0.242 e. The minimum atomic E-state index is -0.165. The molecular weight excluding hydrogens is 280 g/mol. The molecule has 1 aromatic carbocycles. The summed E-state index contributed by atoms with van der Waals surface area (Å²) in [6.45, 7) is 2.23. The van der Waals surface area contributed by atoms with Gasteiger partial charge in [-0.1, -0.05) is 30.3 Å². The van der Waals surface area contributed by atoms with Crippen LogP contribution in [-0.2, 0) is 22.6 Å². The van der Waals surface area contributed by atoms with Crippen LogP contribution in [0.15, 0.2) is 46.9 Å². The first-order chi connectivity index (χ1) is 10.5. The molecule has 1 aromatic heterocycles. The van der Waals surface area contributed by atoms with Gasteiger partial charge >= 0.3 is 0 Å². The number of benzene rings is 1. The van der Waals surface area contributed by atoms with Crippen molar-refractivity contribution in [2.24, 2.45) is 0 Å². The highest BCUT2D eigenvalue weighted by Gasteiger charge is 2.12. The van der Waals surface area contributed by atoms with Crippen LogP contribution >= 0.6 is 0 Å². The van der Waals surface area contributed by atoms with Crippen molar-refractivity contribution in [2.75, 3.05) is 13.6 Å². The first-order valence-electron chi connectivity index (χ1n) is 7.14. The first-order valence-corrected chi connectivity index (χ1v) is 7.14. The molecule has 116 valence electrons. The molecule has 0 unspecified atom stereocenters. The Hall–Kier alpha value is -2.56. The van der Waals surface area contributed by atoms with E-state index in [0.29, 0.717) is 6.54 Å². The average Bonchev–Trinajstić information content (AvgIpc) is 2.91. The van der Waals surface area contributed by atoms with E-state index in [4.69, 9.17) is 4.42 Å². The van der Waals surface area contributed by atoms with Crippen LogP contribution in [0, 0.1) is 6.92 Å². The van der Waals surface area contributed by atoms with E-state index in [2.05, 4.69) is 5.32 Å².